The predicted octanol–water partition coefficient (Wildman–Crippen LogP) is 2.49. The number of aliphatic imine (C=N–C) groups is 1. The van der Waals surface area contributed by atoms with E-state index in [-0.39, 0.29) is 0 Å². The van der Waals surface area contributed by atoms with Gasteiger partial charge >= 0.3 is 0 Å². The molecule has 1 heterocycles. The van der Waals surface area contributed by atoms with E-state index in [4.69, 9.17) is 5.73 Å². The van der Waals surface area contributed by atoms with Crippen LogP contribution < -0.4 is 11.1 Å². The zero-order valence-electron chi connectivity index (χ0n) is 13.1. The maximum atomic E-state index is 5.79. The van der Waals surface area contributed by atoms with Crippen LogP contribution in [0.1, 0.15) is 43.7 Å². The molecule has 1 aromatic rings. The number of hydrogen-bond donors (Lipinski definition) is 2. The minimum absolute atomic E-state index is 0.536. The van der Waals surface area contributed by atoms with Crippen molar-refractivity contribution in [1.29, 1.82) is 0 Å². The quantitative estimate of drug-likeness (QED) is 0.624. The van der Waals surface area contributed by atoms with Crippen LogP contribution in [-0.4, -0.2) is 30.5 Å². The van der Waals surface area contributed by atoms with Gasteiger partial charge in [-0.1, -0.05) is 37.6 Å². The van der Waals surface area contributed by atoms with E-state index in [2.05, 4.69) is 46.4 Å². The van der Waals surface area contributed by atoms with Gasteiger partial charge in [-0.05, 0) is 43.5 Å². The molecule has 0 atom stereocenters. The van der Waals surface area contributed by atoms with E-state index in [0.29, 0.717) is 12.5 Å². The lowest BCUT2D eigenvalue weighted by Gasteiger charge is -2.26. The summed E-state index contributed by atoms with van der Waals surface area (Å²) in [7, 11) is 0. The average Bonchev–Trinajstić information content (AvgIpc) is 2.53. The Morgan fingerprint density at radius 1 is 1.14 bits per heavy atom. The number of nitrogens with two attached hydrogens (primary N) is 1. The maximum absolute atomic E-state index is 5.79. The van der Waals surface area contributed by atoms with E-state index in [9.17, 15) is 0 Å². The smallest absolute Gasteiger partial charge is 0.188 e. The van der Waals surface area contributed by atoms with Crippen LogP contribution in [0.15, 0.2) is 29.3 Å². The van der Waals surface area contributed by atoms with Gasteiger partial charge in [-0.15, -0.1) is 0 Å². The summed E-state index contributed by atoms with van der Waals surface area (Å²) in [5.74, 6) is 0.536. The Hall–Kier alpha value is -1.55. The van der Waals surface area contributed by atoms with E-state index in [1.165, 1.54) is 43.5 Å². The molecular weight excluding hydrogens is 260 g/mol. The van der Waals surface area contributed by atoms with Crippen molar-refractivity contribution < 1.29 is 0 Å². The maximum Gasteiger partial charge on any atom is 0.188 e. The minimum Gasteiger partial charge on any atom is -0.370 e. The molecule has 116 valence electrons. The van der Waals surface area contributed by atoms with Crippen LogP contribution >= 0.6 is 0 Å². The Bertz CT molecular complexity index is 433. The SMILES string of the molecule is CCCNC(N)=NCc1ccc(CN2CCCCC2)cc1. The Balaban J connectivity index is 1.81. The van der Waals surface area contributed by atoms with Crippen LogP contribution in [-0.2, 0) is 13.1 Å². The van der Waals surface area contributed by atoms with Crippen LogP contribution in [0.4, 0.5) is 0 Å². The molecule has 2 rings (SSSR count). The Morgan fingerprint density at radius 3 is 2.48 bits per heavy atom. The molecule has 0 aliphatic carbocycles. The van der Waals surface area contributed by atoms with Crippen molar-refractivity contribution in [2.24, 2.45) is 10.7 Å². The third-order valence-corrected chi connectivity index (χ3v) is 3.87. The molecule has 0 aromatic heterocycles. The van der Waals surface area contributed by atoms with Gasteiger partial charge in [0.25, 0.3) is 0 Å². The monoisotopic (exact) mass is 288 g/mol. The standard InChI is InChI=1S/C17H28N4/c1-2-10-19-17(18)20-13-15-6-8-16(9-7-15)14-21-11-4-3-5-12-21/h6-9H,2-5,10-14H2,1H3,(H3,18,19,20). The van der Waals surface area contributed by atoms with E-state index < -0.39 is 0 Å². The molecule has 4 heteroatoms. The van der Waals surface area contributed by atoms with Gasteiger partial charge in [0.1, 0.15) is 0 Å². The highest BCUT2D eigenvalue weighted by atomic mass is 15.1. The van der Waals surface area contributed by atoms with Crippen LogP contribution in [0.2, 0.25) is 0 Å². The predicted molar refractivity (Wildman–Crippen MR) is 89.2 cm³/mol. The molecule has 0 saturated carbocycles. The molecule has 1 aliphatic rings. The van der Waals surface area contributed by atoms with E-state index in [1.807, 2.05) is 0 Å². The summed E-state index contributed by atoms with van der Waals surface area (Å²) in [5.41, 5.74) is 8.39. The first-order valence-corrected chi connectivity index (χ1v) is 8.12. The fraction of sp³-hybridized carbons (Fsp3) is 0.588. The normalized spacial score (nSPS) is 16.9. The van der Waals surface area contributed by atoms with Crippen LogP contribution in [0.5, 0.6) is 0 Å². The highest BCUT2D eigenvalue weighted by molar-refractivity contribution is 5.77. The topological polar surface area (TPSA) is 53.6 Å². The molecule has 1 saturated heterocycles. The third-order valence-electron chi connectivity index (χ3n) is 3.87. The Morgan fingerprint density at radius 2 is 1.81 bits per heavy atom. The summed E-state index contributed by atoms with van der Waals surface area (Å²) < 4.78 is 0. The molecule has 0 amide bonds. The lowest BCUT2D eigenvalue weighted by atomic mass is 10.1. The molecule has 1 aromatic carbocycles. The fourth-order valence-corrected chi connectivity index (χ4v) is 2.61. The van der Waals surface area contributed by atoms with Crippen molar-refractivity contribution in [3.63, 3.8) is 0 Å². The summed E-state index contributed by atoms with van der Waals surface area (Å²) in [5, 5.41) is 3.09. The van der Waals surface area contributed by atoms with Crippen molar-refractivity contribution in [2.45, 2.75) is 45.7 Å². The van der Waals surface area contributed by atoms with Gasteiger partial charge in [-0.2, -0.15) is 0 Å². The second-order valence-electron chi connectivity index (χ2n) is 5.78. The van der Waals surface area contributed by atoms with E-state index in [1.54, 1.807) is 0 Å². The first-order valence-electron chi connectivity index (χ1n) is 8.12. The van der Waals surface area contributed by atoms with Gasteiger partial charge in [0, 0.05) is 13.1 Å². The number of nitrogens with zero attached hydrogens (tertiary/aromatic N) is 2. The Labute approximate surface area is 128 Å². The fourth-order valence-electron chi connectivity index (χ4n) is 2.61. The molecule has 0 unspecified atom stereocenters. The summed E-state index contributed by atoms with van der Waals surface area (Å²) in [4.78, 5) is 6.90. The van der Waals surface area contributed by atoms with Crippen molar-refractivity contribution in [2.75, 3.05) is 19.6 Å². The van der Waals surface area contributed by atoms with Gasteiger partial charge in [0.15, 0.2) is 5.96 Å². The number of rotatable bonds is 6. The van der Waals surface area contributed by atoms with Crippen molar-refractivity contribution in [1.82, 2.24) is 10.2 Å². The van der Waals surface area contributed by atoms with Gasteiger partial charge < -0.3 is 11.1 Å². The molecule has 0 radical (unpaired) electrons. The van der Waals surface area contributed by atoms with Crippen molar-refractivity contribution in [3.05, 3.63) is 35.4 Å². The molecule has 3 N–H and O–H groups in total. The molecule has 1 fully saturated rings. The molecule has 4 nitrogen and oxygen atoms in total. The van der Waals surface area contributed by atoms with Crippen LogP contribution in [0, 0.1) is 0 Å². The van der Waals surface area contributed by atoms with Crippen LogP contribution in [0.25, 0.3) is 0 Å². The highest BCUT2D eigenvalue weighted by Gasteiger charge is 2.09. The number of hydrogen-bond acceptors (Lipinski definition) is 2. The van der Waals surface area contributed by atoms with Crippen LogP contribution in [0.3, 0.4) is 0 Å². The average molecular weight is 288 g/mol. The second kappa shape index (κ2) is 8.67. The third kappa shape index (κ3) is 5.76. The van der Waals surface area contributed by atoms with Crippen molar-refractivity contribution >= 4 is 5.96 Å². The highest BCUT2D eigenvalue weighted by Crippen LogP contribution is 2.13. The zero-order chi connectivity index (χ0) is 14.9. The van der Waals surface area contributed by atoms with E-state index >= 15 is 0 Å². The van der Waals surface area contributed by atoms with E-state index in [0.717, 1.165) is 19.5 Å². The molecular formula is C17H28N4. The Kier molecular flexibility index (Phi) is 6.54. The second-order valence-corrected chi connectivity index (χ2v) is 5.78. The lowest BCUT2D eigenvalue weighted by molar-refractivity contribution is 0.221. The largest absolute Gasteiger partial charge is 0.370 e. The summed E-state index contributed by atoms with van der Waals surface area (Å²) in [6.07, 6.45) is 5.13. The number of nitrogens with one attached hydrogen (secondary N) is 1. The van der Waals surface area contributed by atoms with Crippen molar-refractivity contribution in [3.8, 4) is 0 Å². The first kappa shape index (κ1) is 15.8. The van der Waals surface area contributed by atoms with Gasteiger partial charge in [0.05, 0.1) is 6.54 Å². The number of piperidine rings is 1. The molecule has 0 bridgehead atoms. The number of likely N-dealkylation sites (tertiary alicyclic amines) is 1. The molecule has 1 aliphatic heterocycles. The lowest BCUT2D eigenvalue weighted by Crippen LogP contribution is -2.32. The summed E-state index contributed by atoms with van der Waals surface area (Å²) >= 11 is 0. The zero-order valence-corrected chi connectivity index (χ0v) is 13.1. The number of benzene rings is 1. The first-order chi connectivity index (χ1) is 10.3. The number of guanidine groups is 1. The molecule has 21 heavy (non-hydrogen) atoms. The summed E-state index contributed by atoms with van der Waals surface area (Å²) in [6.45, 7) is 7.19. The minimum atomic E-state index is 0.536. The van der Waals surface area contributed by atoms with Gasteiger partial charge in [0.2, 0.25) is 0 Å². The van der Waals surface area contributed by atoms with Gasteiger partial charge in [-0.3, -0.25) is 4.90 Å². The van der Waals surface area contributed by atoms with Gasteiger partial charge in [-0.25, -0.2) is 4.99 Å². The summed E-state index contributed by atoms with van der Waals surface area (Å²) in [6, 6.07) is 8.76. The molecule has 0 spiro atoms.